The summed E-state index contributed by atoms with van der Waals surface area (Å²) in [6.07, 6.45) is 7.40. The summed E-state index contributed by atoms with van der Waals surface area (Å²) in [7, 11) is 0. The first kappa shape index (κ1) is 20.1. The van der Waals surface area contributed by atoms with Crippen LogP contribution in [0.15, 0.2) is 22.3 Å². The van der Waals surface area contributed by atoms with Crippen molar-refractivity contribution in [2.45, 2.75) is 52.0 Å². The van der Waals surface area contributed by atoms with Gasteiger partial charge in [0.1, 0.15) is 5.70 Å². The van der Waals surface area contributed by atoms with Gasteiger partial charge in [0, 0.05) is 6.04 Å². The van der Waals surface area contributed by atoms with Crippen LogP contribution in [-0.4, -0.2) is 35.2 Å². The van der Waals surface area contributed by atoms with Gasteiger partial charge in [-0.05, 0) is 78.6 Å². The van der Waals surface area contributed by atoms with Crippen LogP contribution >= 0.6 is 28.1 Å². The van der Waals surface area contributed by atoms with E-state index in [1.54, 1.807) is 4.90 Å². The van der Waals surface area contributed by atoms with Gasteiger partial charge < -0.3 is 14.8 Å². The summed E-state index contributed by atoms with van der Waals surface area (Å²) in [6, 6.07) is 4.01. The summed E-state index contributed by atoms with van der Waals surface area (Å²) in [5.74, 6) is 1.28. The Labute approximate surface area is 174 Å². The molecule has 5 nitrogen and oxygen atoms in total. The van der Waals surface area contributed by atoms with Gasteiger partial charge in [-0.3, -0.25) is 9.69 Å². The van der Waals surface area contributed by atoms with E-state index in [0.29, 0.717) is 35.5 Å². The third kappa shape index (κ3) is 4.46. The van der Waals surface area contributed by atoms with Crippen molar-refractivity contribution in [1.29, 1.82) is 0 Å². The van der Waals surface area contributed by atoms with Gasteiger partial charge in [-0.15, -0.1) is 0 Å². The van der Waals surface area contributed by atoms with Crippen LogP contribution in [0.4, 0.5) is 0 Å². The summed E-state index contributed by atoms with van der Waals surface area (Å²) in [4.78, 5) is 14.7. The van der Waals surface area contributed by atoms with E-state index >= 15 is 0 Å². The molecule has 0 bridgehead atoms. The lowest BCUT2D eigenvalue weighted by Crippen LogP contribution is -2.41. The number of hydrogen-bond acceptors (Lipinski definition) is 4. The van der Waals surface area contributed by atoms with E-state index in [-0.39, 0.29) is 11.9 Å². The fraction of sp³-hybridized carbons (Fsp3) is 0.500. The summed E-state index contributed by atoms with van der Waals surface area (Å²) in [6.45, 7) is 4.93. The summed E-state index contributed by atoms with van der Waals surface area (Å²) in [5, 5.41) is 3.60. The molecule has 2 fully saturated rings. The fourth-order valence-corrected chi connectivity index (χ4v) is 4.52. The maximum atomic E-state index is 12.9. The minimum atomic E-state index is -0.0464. The molecule has 0 atom stereocenters. The van der Waals surface area contributed by atoms with E-state index in [2.05, 4.69) is 21.2 Å². The van der Waals surface area contributed by atoms with E-state index < -0.39 is 0 Å². The highest BCUT2D eigenvalue weighted by Crippen LogP contribution is 2.38. The van der Waals surface area contributed by atoms with E-state index in [1.807, 2.05) is 32.1 Å². The molecule has 1 amide bonds. The molecule has 2 aliphatic rings. The minimum Gasteiger partial charge on any atom is -0.490 e. The molecule has 146 valence electrons. The first-order valence-corrected chi connectivity index (χ1v) is 10.7. The molecule has 1 aromatic rings. The second-order valence-corrected chi connectivity index (χ2v) is 7.89. The van der Waals surface area contributed by atoms with Gasteiger partial charge >= 0.3 is 0 Å². The first-order valence-electron chi connectivity index (χ1n) is 9.50. The summed E-state index contributed by atoms with van der Waals surface area (Å²) >= 11 is 8.98. The van der Waals surface area contributed by atoms with Crippen molar-refractivity contribution in [3.05, 3.63) is 27.9 Å². The zero-order valence-electron chi connectivity index (χ0n) is 15.7. The second-order valence-electron chi connectivity index (χ2n) is 6.65. The third-order valence-corrected chi connectivity index (χ3v) is 5.67. The first-order chi connectivity index (χ1) is 13.0. The molecule has 0 spiro atoms. The number of thiocarbonyl (C=S) groups is 1. The van der Waals surface area contributed by atoms with Crippen molar-refractivity contribution in [2.75, 3.05) is 13.2 Å². The van der Waals surface area contributed by atoms with Crippen LogP contribution in [0.1, 0.15) is 51.5 Å². The van der Waals surface area contributed by atoms with Crippen LogP contribution in [0.5, 0.6) is 11.5 Å². The molecule has 0 unspecified atom stereocenters. The molecular weight excluding hydrogens is 428 g/mol. The molecule has 1 N–H and O–H groups in total. The average molecular weight is 453 g/mol. The Morgan fingerprint density at radius 3 is 2.59 bits per heavy atom. The number of benzene rings is 1. The van der Waals surface area contributed by atoms with Gasteiger partial charge in [0.05, 0.1) is 17.7 Å². The van der Waals surface area contributed by atoms with Crippen molar-refractivity contribution in [1.82, 2.24) is 10.2 Å². The molecular formula is C20H25BrN2O3S. The van der Waals surface area contributed by atoms with Gasteiger partial charge in [0.15, 0.2) is 16.6 Å². The normalized spacial score (nSPS) is 19.5. The minimum absolute atomic E-state index is 0.0464. The van der Waals surface area contributed by atoms with Crippen LogP contribution in [-0.2, 0) is 4.79 Å². The highest BCUT2D eigenvalue weighted by molar-refractivity contribution is 9.10. The monoisotopic (exact) mass is 452 g/mol. The Morgan fingerprint density at radius 2 is 1.93 bits per heavy atom. The third-order valence-electron chi connectivity index (χ3n) is 4.78. The molecule has 1 aliphatic carbocycles. The van der Waals surface area contributed by atoms with E-state index in [9.17, 15) is 4.79 Å². The molecule has 1 aliphatic heterocycles. The van der Waals surface area contributed by atoms with Crippen molar-refractivity contribution >= 4 is 45.2 Å². The van der Waals surface area contributed by atoms with Crippen LogP contribution in [0.25, 0.3) is 6.08 Å². The SMILES string of the molecule is CCOc1cc(C=C2NC(=S)N(C3CCCCC3)C2=O)cc(Br)c1OCC. The number of amides is 1. The Hall–Kier alpha value is -1.60. The molecule has 1 aromatic carbocycles. The molecule has 1 saturated carbocycles. The lowest BCUT2D eigenvalue weighted by Gasteiger charge is -2.29. The number of carbonyl (C=O) groups is 1. The van der Waals surface area contributed by atoms with Crippen LogP contribution in [0, 0.1) is 0 Å². The second kappa shape index (κ2) is 9.06. The highest BCUT2D eigenvalue weighted by Gasteiger charge is 2.36. The number of halogens is 1. The standard InChI is InChI=1S/C20H25BrN2O3S/c1-3-25-17-12-13(10-15(21)18(17)26-4-2)11-16-19(24)23(20(27)22-16)14-8-6-5-7-9-14/h10-12,14H,3-9H2,1-2H3,(H,22,27). The number of nitrogens with one attached hydrogen (secondary N) is 1. The largest absolute Gasteiger partial charge is 0.490 e. The van der Waals surface area contributed by atoms with Crippen molar-refractivity contribution in [2.24, 2.45) is 0 Å². The lowest BCUT2D eigenvalue weighted by molar-refractivity contribution is -0.124. The molecule has 0 aromatic heterocycles. The highest BCUT2D eigenvalue weighted by atomic mass is 79.9. The zero-order chi connectivity index (χ0) is 19.4. The lowest BCUT2D eigenvalue weighted by atomic mass is 9.94. The molecule has 1 saturated heterocycles. The van der Waals surface area contributed by atoms with E-state index in [1.165, 1.54) is 6.42 Å². The predicted molar refractivity (Wildman–Crippen MR) is 114 cm³/mol. The quantitative estimate of drug-likeness (QED) is 0.503. The van der Waals surface area contributed by atoms with Gasteiger partial charge in [-0.1, -0.05) is 19.3 Å². The fourth-order valence-electron chi connectivity index (χ4n) is 3.60. The van der Waals surface area contributed by atoms with E-state index in [0.717, 1.165) is 35.7 Å². The number of rotatable bonds is 6. The average Bonchev–Trinajstić information content (AvgIpc) is 2.92. The maximum absolute atomic E-state index is 12.9. The van der Waals surface area contributed by atoms with Gasteiger partial charge in [0.2, 0.25) is 0 Å². The van der Waals surface area contributed by atoms with Crippen LogP contribution in [0.3, 0.4) is 0 Å². The van der Waals surface area contributed by atoms with Crippen LogP contribution in [0.2, 0.25) is 0 Å². The number of hydrogen-bond donors (Lipinski definition) is 1. The Kier molecular flexibility index (Phi) is 6.76. The summed E-state index contributed by atoms with van der Waals surface area (Å²) in [5.41, 5.74) is 1.35. The van der Waals surface area contributed by atoms with E-state index in [4.69, 9.17) is 21.7 Å². The Balaban J connectivity index is 1.87. The van der Waals surface area contributed by atoms with Crippen molar-refractivity contribution in [3.63, 3.8) is 0 Å². The molecule has 0 radical (unpaired) electrons. The van der Waals surface area contributed by atoms with Gasteiger partial charge in [0.25, 0.3) is 5.91 Å². The maximum Gasteiger partial charge on any atom is 0.276 e. The number of nitrogens with zero attached hydrogens (tertiary/aromatic N) is 1. The van der Waals surface area contributed by atoms with Crippen molar-refractivity contribution < 1.29 is 14.3 Å². The molecule has 3 rings (SSSR count). The number of ether oxygens (including phenoxy) is 2. The Morgan fingerprint density at radius 1 is 1.22 bits per heavy atom. The summed E-state index contributed by atoms with van der Waals surface area (Å²) < 4.78 is 12.2. The molecule has 27 heavy (non-hydrogen) atoms. The molecule has 7 heteroatoms. The smallest absolute Gasteiger partial charge is 0.276 e. The Bertz CT molecular complexity index is 760. The van der Waals surface area contributed by atoms with Gasteiger partial charge in [-0.2, -0.15) is 0 Å². The van der Waals surface area contributed by atoms with Gasteiger partial charge in [-0.25, -0.2) is 0 Å². The predicted octanol–water partition coefficient (Wildman–Crippen LogP) is 4.64. The van der Waals surface area contributed by atoms with Crippen molar-refractivity contribution in [3.8, 4) is 11.5 Å². The molecule has 1 heterocycles. The van der Waals surface area contributed by atoms with Crippen LogP contribution < -0.4 is 14.8 Å². The zero-order valence-corrected chi connectivity index (χ0v) is 18.1. The number of carbonyl (C=O) groups excluding carboxylic acids is 1. The topological polar surface area (TPSA) is 50.8 Å².